The number of hydrogen-bond donors (Lipinski definition) is 0. The highest BCUT2D eigenvalue weighted by atomic mass is 14.7. The molecule has 0 unspecified atom stereocenters. The fourth-order valence-corrected chi connectivity index (χ4v) is 1.82. The molecule has 0 aliphatic carbocycles. The maximum atomic E-state index is 4.21. The molecule has 0 amide bonds. The Bertz CT molecular complexity index is 129. The molecule has 1 heteroatoms. The lowest BCUT2D eigenvalue weighted by Crippen LogP contribution is -1.84. The van der Waals surface area contributed by atoms with Crippen LogP contribution < -0.4 is 0 Å². The van der Waals surface area contributed by atoms with Crippen molar-refractivity contribution in [3.8, 4) is 0 Å². The highest BCUT2D eigenvalue weighted by molar-refractivity contribution is 5.53. The molecule has 0 spiro atoms. The van der Waals surface area contributed by atoms with E-state index in [-0.39, 0.29) is 0 Å². The fraction of sp³-hybridized carbons (Fsp3) is 0.929. The van der Waals surface area contributed by atoms with E-state index in [1.54, 1.807) is 0 Å². The van der Waals surface area contributed by atoms with Crippen molar-refractivity contribution in [3.63, 3.8) is 0 Å². The summed E-state index contributed by atoms with van der Waals surface area (Å²) in [5, 5.41) is 0. The van der Waals surface area contributed by atoms with Crippen LogP contribution in [-0.2, 0) is 0 Å². The van der Waals surface area contributed by atoms with Crippen molar-refractivity contribution in [1.29, 1.82) is 0 Å². The molecule has 15 heavy (non-hydrogen) atoms. The topological polar surface area (TPSA) is 12.4 Å². The van der Waals surface area contributed by atoms with Gasteiger partial charge in [0.15, 0.2) is 0 Å². The van der Waals surface area contributed by atoms with Crippen LogP contribution in [0.3, 0.4) is 0 Å². The second kappa shape index (κ2) is 13.7. The Labute approximate surface area is 96.4 Å². The van der Waals surface area contributed by atoms with Crippen LogP contribution in [0, 0.1) is 0 Å². The summed E-state index contributed by atoms with van der Waals surface area (Å²) < 4.78 is 0. The second-order valence-electron chi connectivity index (χ2n) is 4.35. The van der Waals surface area contributed by atoms with Gasteiger partial charge in [0.1, 0.15) is 0 Å². The van der Waals surface area contributed by atoms with E-state index in [0.717, 1.165) is 6.54 Å². The van der Waals surface area contributed by atoms with Gasteiger partial charge in [-0.3, -0.25) is 4.99 Å². The first-order chi connectivity index (χ1) is 7.41. The van der Waals surface area contributed by atoms with E-state index < -0.39 is 0 Å². The van der Waals surface area contributed by atoms with Crippen LogP contribution in [-0.4, -0.2) is 12.8 Å². The SMILES string of the molecule is CC=NCCCCCCCCCCCC. The van der Waals surface area contributed by atoms with E-state index >= 15 is 0 Å². The maximum Gasteiger partial charge on any atom is 0.0385 e. The van der Waals surface area contributed by atoms with Crippen LogP contribution in [0.1, 0.15) is 78.1 Å². The maximum absolute atomic E-state index is 4.21. The Kier molecular flexibility index (Phi) is 13.4. The van der Waals surface area contributed by atoms with E-state index in [0.29, 0.717) is 0 Å². The van der Waals surface area contributed by atoms with Crippen LogP contribution in [0.25, 0.3) is 0 Å². The molecule has 0 radical (unpaired) electrons. The van der Waals surface area contributed by atoms with Crippen LogP contribution in [0.2, 0.25) is 0 Å². The predicted molar refractivity (Wildman–Crippen MR) is 70.9 cm³/mol. The molecule has 0 atom stereocenters. The quantitative estimate of drug-likeness (QED) is 0.337. The third kappa shape index (κ3) is 13.7. The first-order valence-corrected chi connectivity index (χ1v) is 6.86. The Morgan fingerprint density at radius 2 is 1.20 bits per heavy atom. The van der Waals surface area contributed by atoms with Gasteiger partial charge in [-0.25, -0.2) is 0 Å². The molecular weight excluding hydrogens is 182 g/mol. The monoisotopic (exact) mass is 211 g/mol. The summed E-state index contributed by atoms with van der Waals surface area (Å²) in [5.74, 6) is 0. The van der Waals surface area contributed by atoms with Gasteiger partial charge in [0.25, 0.3) is 0 Å². The summed E-state index contributed by atoms with van der Waals surface area (Å²) >= 11 is 0. The average Bonchev–Trinajstić information content (AvgIpc) is 2.26. The van der Waals surface area contributed by atoms with Crippen molar-refractivity contribution in [2.75, 3.05) is 6.54 Å². The zero-order valence-electron chi connectivity index (χ0n) is 10.8. The van der Waals surface area contributed by atoms with E-state index in [4.69, 9.17) is 0 Å². The molecule has 0 aliphatic rings. The van der Waals surface area contributed by atoms with Crippen LogP contribution >= 0.6 is 0 Å². The summed E-state index contributed by atoms with van der Waals surface area (Å²) in [6.07, 6.45) is 16.0. The molecule has 0 aromatic heterocycles. The van der Waals surface area contributed by atoms with Crippen molar-refractivity contribution >= 4 is 6.21 Å². The molecule has 0 fully saturated rings. The Morgan fingerprint density at radius 3 is 1.67 bits per heavy atom. The van der Waals surface area contributed by atoms with Crippen LogP contribution in [0.4, 0.5) is 0 Å². The predicted octanol–water partition coefficient (Wildman–Crippen LogP) is 5.00. The standard InChI is InChI=1S/C14H29N/c1-3-5-6-7-8-9-10-11-12-13-14-15-4-2/h4H,3,5-14H2,1-2H3. The Balaban J connectivity index is 2.86. The molecule has 0 N–H and O–H groups in total. The molecule has 0 saturated heterocycles. The van der Waals surface area contributed by atoms with E-state index in [2.05, 4.69) is 11.9 Å². The van der Waals surface area contributed by atoms with Gasteiger partial charge < -0.3 is 0 Å². The van der Waals surface area contributed by atoms with Crippen molar-refractivity contribution < 1.29 is 0 Å². The van der Waals surface area contributed by atoms with Gasteiger partial charge in [-0.15, -0.1) is 0 Å². The van der Waals surface area contributed by atoms with Gasteiger partial charge in [0.2, 0.25) is 0 Å². The third-order valence-electron chi connectivity index (χ3n) is 2.82. The Morgan fingerprint density at radius 1 is 0.733 bits per heavy atom. The minimum atomic E-state index is 1.03. The average molecular weight is 211 g/mol. The lowest BCUT2D eigenvalue weighted by Gasteiger charge is -2.00. The smallest absolute Gasteiger partial charge is 0.0385 e. The molecule has 0 rings (SSSR count). The van der Waals surface area contributed by atoms with Gasteiger partial charge in [-0.1, -0.05) is 64.7 Å². The van der Waals surface area contributed by atoms with Gasteiger partial charge in [0.05, 0.1) is 0 Å². The lowest BCUT2D eigenvalue weighted by atomic mass is 10.1. The number of hydrogen-bond acceptors (Lipinski definition) is 1. The summed E-state index contributed by atoms with van der Waals surface area (Å²) in [5.41, 5.74) is 0. The third-order valence-corrected chi connectivity index (χ3v) is 2.82. The van der Waals surface area contributed by atoms with Crippen molar-refractivity contribution in [1.82, 2.24) is 0 Å². The normalized spacial score (nSPS) is 11.3. The number of aliphatic imine (C=N–C) groups is 1. The van der Waals surface area contributed by atoms with Gasteiger partial charge in [0, 0.05) is 6.54 Å². The zero-order valence-corrected chi connectivity index (χ0v) is 10.8. The first-order valence-electron chi connectivity index (χ1n) is 6.86. The number of unbranched alkanes of at least 4 members (excludes halogenated alkanes) is 9. The molecule has 0 aromatic carbocycles. The van der Waals surface area contributed by atoms with E-state index in [9.17, 15) is 0 Å². The van der Waals surface area contributed by atoms with Crippen molar-refractivity contribution in [2.24, 2.45) is 4.99 Å². The molecule has 0 bridgehead atoms. The van der Waals surface area contributed by atoms with Crippen LogP contribution in [0.5, 0.6) is 0 Å². The van der Waals surface area contributed by atoms with Crippen molar-refractivity contribution in [3.05, 3.63) is 0 Å². The molecule has 1 nitrogen and oxygen atoms in total. The van der Waals surface area contributed by atoms with Crippen LogP contribution in [0.15, 0.2) is 4.99 Å². The molecular formula is C14H29N. The number of nitrogens with zero attached hydrogens (tertiary/aromatic N) is 1. The molecule has 0 saturated carbocycles. The lowest BCUT2D eigenvalue weighted by molar-refractivity contribution is 0.558. The molecule has 90 valence electrons. The minimum Gasteiger partial charge on any atom is -0.298 e. The van der Waals surface area contributed by atoms with Gasteiger partial charge in [-0.2, -0.15) is 0 Å². The Hall–Kier alpha value is -0.330. The number of rotatable bonds is 11. The van der Waals surface area contributed by atoms with E-state index in [1.807, 2.05) is 13.1 Å². The second-order valence-corrected chi connectivity index (χ2v) is 4.35. The minimum absolute atomic E-state index is 1.03. The molecule has 0 aromatic rings. The largest absolute Gasteiger partial charge is 0.298 e. The van der Waals surface area contributed by atoms with Crippen molar-refractivity contribution in [2.45, 2.75) is 78.1 Å². The summed E-state index contributed by atoms with van der Waals surface area (Å²) in [6.45, 7) is 5.31. The summed E-state index contributed by atoms with van der Waals surface area (Å²) in [7, 11) is 0. The molecule has 0 aliphatic heterocycles. The molecule has 0 heterocycles. The fourth-order valence-electron chi connectivity index (χ4n) is 1.82. The summed E-state index contributed by atoms with van der Waals surface area (Å²) in [6, 6.07) is 0. The zero-order chi connectivity index (χ0) is 11.2. The van der Waals surface area contributed by atoms with E-state index in [1.165, 1.54) is 64.2 Å². The van der Waals surface area contributed by atoms with Gasteiger partial charge in [-0.05, 0) is 19.6 Å². The van der Waals surface area contributed by atoms with Gasteiger partial charge >= 0.3 is 0 Å². The summed E-state index contributed by atoms with van der Waals surface area (Å²) in [4.78, 5) is 4.21. The first kappa shape index (κ1) is 14.7. The highest BCUT2D eigenvalue weighted by Crippen LogP contribution is 2.10. The highest BCUT2D eigenvalue weighted by Gasteiger charge is 1.91.